The highest BCUT2D eigenvalue weighted by atomic mass is 16.3. The van der Waals surface area contributed by atoms with Crippen LogP contribution < -0.4 is 0 Å². The summed E-state index contributed by atoms with van der Waals surface area (Å²) < 4.78 is 0. The summed E-state index contributed by atoms with van der Waals surface area (Å²) in [6.07, 6.45) is 7.26. The number of fused-ring (bicyclic) bond motifs is 3. The quantitative estimate of drug-likeness (QED) is 0.788. The Morgan fingerprint density at radius 1 is 1.28 bits per heavy atom. The van der Waals surface area contributed by atoms with Gasteiger partial charge in [-0.25, -0.2) is 0 Å². The van der Waals surface area contributed by atoms with Gasteiger partial charge in [-0.2, -0.15) is 0 Å². The maximum absolute atomic E-state index is 13.3. The number of unbranched alkanes of at least 4 members (excludes halogenated alkanes) is 1. The number of aromatic nitrogens is 1. The molecule has 0 bridgehead atoms. The molecule has 2 aliphatic rings. The number of hydrogen-bond acceptors (Lipinski definition) is 2. The van der Waals surface area contributed by atoms with Gasteiger partial charge in [-0.05, 0) is 62.5 Å². The van der Waals surface area contributed by atoms with Gasteiger partial charge >= 0.3 is 0 Å². The second-order valence-corrected chi connectivity index (χ2v) is 7.82. The van der Waals surface area contributed by atoms with E-state index in [2.05, 4.69) is 18.0 Å². The number of H-pyrrole nitrogens is 1. The van der Waals surface area contributed by atoms with Crippen molar-refractivity contribution in [2.24, 2.45) is 5.92 Å². The molecule has 2 N–H and O–H groups in total. The number of benzene rings is 1. The van der Waals surface area contributed by atoms with Gasteiger partial charge in [0.15, 0.2) is 0 Å². The highest BCUT2D eigenvalue weighted by molar-refractivity contribution is 6.07. The minimum atomic E-state index is 0.151. The number of hydrogen-bond donors (Lipinski definition) is 2. The van der Waals surface area contributed by atoms with Crippen LogP contribution in [0.4, 0.5) is 0 Å². The zero-order valence-corrected chi connectivity index (χ0v) is 15.1. The number of nitrogens with zero attached hydrogens (tertiary/aromatic N) is 1. The molecule has 1 amide bonds. The molecule has 134 valence electrons. The Kier molecular flexibility index (Phi) is 4.55. The number of aryl methyl sites for hydroxylation is 1. The van der Waals surface area contributed by atoms with Crippen LogP contribution in [0.5, 0.6) is 0 Å². The summed E-state index contributed by atoms with van der Waals surface area (Å²) in [4.78, 5) is 18.9. The molecule has 2 aromatic rings. The summed E-state index contributed by atoms with van der Waals surface area (Å²) in [7, 11) is 0. The fourth-order valence-corrected chi connectivity index (χ4v) is 4.18. The van der Waals surface area contributed by atoms with Gasteiger partial charge in [0.1, 0.15) is 0 Å². The van der Waals surface area contributed by atoms with Gasteiger partial charge in [-0.15, -0.1) is 0 Å². The standard InChI is InChI=1S/C21H28N2O2/c1-14-7-10-19-18(13-14)16-5-4-6-17(20(16)22-19)21(25)23(15-8-9-15)11-2-3-12-24/h4-6,14-15,22,24H,2-3,7-13H2,1H3. The van der Waals surface area contributed by atoms with E-state index in [1.807, 2.05) is 17.0 Å². The van der Waals surface area contributed by atoms with Crippen LogP contribution in [0.3, 0.4) is 0 Å². The lowest BCUT2D eigenvalue weighted by atomic mass is 9.87. The molecule has 0 radical (unpaired) electrons. The first-order chi connectivity index (χ1) is 12.2. The van der Waals surface area contributed by atoms with Crippen molar-refractivity contribution in [3.8, 4) is 0 Å². The third-order valence-electron chi connectivity index (χ3n) is 5.76. The largest absolute Gasteiger partial charge is 0.396 e. The zero-order valence-electron chi connectivity index (χ0n) is 15.1. The average molecular weight is 340 g/mol. The van der Waals surface area contributed by atoms with E-state index in [1.54, 1.807) is 0 Å². The molecular weight excluding hydrogens is 312 g/mol. The van der Waals surface area contributed by atoms with Crippen LogP contribution >= 0.6 is 0 Å². The highest BCUT2D eigenvalue weighted by Crippen LogP contribution is 2.35. The smallest absolute Gasteiger partial charge is 0.256 e. The molecule has 2 aliphatic carbocycles. The number of carbonyl (C=O) groups excluding carboxylic acids is 1. The molecule has 1 aromatic heterocycles. The van der Waals surface area contributed by atoms with Crippen molar-refractivity contribution in [3.05, 3.63) is 35.0 Å². The third kappa shape index (κ3) is 3.20. The lowest BCUT2D eigenvalue weighted by Gasteiger charge is -2.22. The van der Waals surface area contributed by atoms with Crippen LogP contribution in [0.15, 0.2) is 18.2 Å². The average Bonchev–Trinajstić information content (AvgIpc) is 3.39. The van der Waals surface area contributed by atoms with E-state index < -0.39 is 0 Å². The molecule has 1 fully saturated rings. The predicted molar refractivity (Wildman–Crippen MR) is 99.9 cm³/mol. The topological polar surface area (TPSA) is 56.3 Å². The minimum absolute atomic E-state index is 0.151. The lowest BCUT2D eigenvalue weighted by molar-refractivity contribution is 0.0739. The number of amides is 1. The van der Waals surface area contributed by atoms with Gasteiger partial charge in [0.05, 0.1) is 11.1 Å². The van der Waals surface area contributed by atoms with E-state index in [-0.39, 0.29) is 12.5 Å². The summed E-state index contributed by atoms with van der Waals surface area (Å²) in [5.74, 6) is 0.866. The molecule has 4 nitrogen and oxygen atoms in total. The molecule has 0 aliphatic heterocycles. The fraction of sp³-hybridized carbons (Fsp3) is 0.571. The van der Waals surface area contributed by atoms with E-state index >= 15 is 0 Å². The summed E-state index contributed by atoms with van der Waals surface area (Å²) in [5, 5.41) is 10.3. The van der Waals surface area contributed by atoms with Gasteiger partial charge in [-0.1, -0.05) is 19.1 Å². The molecule has 0 spiro atoms. The molecule has 1 atom stereocenters. The Labute approximate surface area is 149 Å². The van der Waals surface area contributed by atoms with Crippen LogP contribution in [-0.4, -0.2) is 40.1 Å². The van der Waals surface area contributed by atoms with Crippen LogP contribution in [0.25, 0.3) is 10.9 Å². The second-order valence-electron chi connectivity index (χ2n) is 7.82. The summed E-state index contributed by atoms with van der Waals surface area (Å²) >= 11 is 0. The van der Waals surface area contributed by atoms with Crippen molar-refractivity contribution < 1.29 is 9.90 Å². The van der Waals surface area contributed by atoms with Crippen LogP contribution in [0.1, 0.15) is 60.6 Å². The summed E-state index contributed by atoms with van der Waals surface area (Å²) in [6, 6.07) is 6.55. The predicted octanol–water partition coefficient (Wildman–Crippen LogP) is 3.67. The van der Waals surface area contributed by atoms with Crippen molar-refractivity contribution in [2.45, 2.75) is 57.9 Å². The molecule has 1 unspecified atom stereocenters. The number of aliphatic hydroxyl groups is 1. The molecule has 4 rings (SSSR count). The Balaban J connectivity index is 1.67. The van der Waals surface area contributed by atoms with Gasteiger partial charge in [0.25, 0.3) is 5.91 Å². The minimum Gasteiger partial charge on any atom is -0.396 e. The fourth-order valence-electron chi connectivity index (χ4n) is 4.18. The van der Waals surface area contributed by atoms with E-state index in [0.717, 1.165) is 56.1 Å². The van der Waals surface area contributed by atoms with Gasteiger partial charge in [0, 0.05) is 30.3 Å². The van der Waals surface area contributed by atoms with Crippen molar-refractivity contribution in [1.82, 2.24) is 9.88 Å². The van der Waals surface area contributed by atoms with Crippen molar-refractivity contribution >= 4 is 16.8 Å². The second kappa shape index (κ2) is 6.83. The van der Waals surface area contributed by atoms with E-state index in [9.17, 15) is 4.79 Å². The molecule has 25 heavy (non-hydrogen) atoms. The van der Waals surface area contributed by atoms with E-state index in [1.165, 1.54) is 23.1 Å². The molecule has 0 saturated heterocycles. The molecule has 1 aromatic carbocycles. The SMILES string of the molecule is CC1CCc2[nH]c3c(C(=O)N(CCCCO)C4CC4)cccc3c2C1. The van der Waals surface area contributed by atoms with Crippen LogP contribution in [0.2, 0.25) is 0 Å². The first-order valence-electron chi connectivity index (χ1n) is 9.73. The van der Waals surface area contributed by atoms with Crippen molar-refractivity contribution in [3.63, 3.8) is 0 Å². The first kappa shape index (κ1) is 16.6. The van der Waals surface area contributed by atoms with E-state index in [0.29, 0.717) is 12.0 Å². The Morgan fingerprint density at radius 2 is 2.12 bits per heavy atom. The zero-order chi connectivity index (χ0) is 17.4. The van der Waals surface area contributed by atoms with Crippen LogP contribution in [-0.2, 0) is 12.8 Å². The maximum atomic E-state index is 13.3. The lowest BCUT2D eigenvalue weighted by Crippen LogP contribution is -2.34. The Bertz CT molecular complexity index is 776. The third-order valence-corrected chi connectivity index (χ3v) is 5.76. The van der Waals surface area contributed by atoms with Gasteiger partial charge < -0.3 is 15.0 Å². The summed E-state index contributed by atoms with van der Waals surface area (Å²) in [6.45, 7) is 3.26. The number of para-hydroxylation sites is 1. The first-order valence-corrected chi connectivity index (χ1v) is 9.73. The van der Waals surface area contributed by atoms with Crippen molar-refractivity contribution in [1.29, 1.82) is 0 Å². The molecular formula is C21H28N2O2. The normalized spacial score (nSPS) is 19.8. The van der Waals surface area contributed by atoms with Crippen LogP contribution in [0, 0.1) is 5.92 Å². The maximum Gasteiger partial charge on any atom is 0.256 e. The monoisotopic (exact) mass is 340 g/mol. The van der Waals surface area contributed by atoms with E-state index in [4.69, 9.17) is 5.11 Å². The molecule has 1 saturated carbocycles. The molecule has 4 heteroatoms. The van der Waals surface area contributed by atoms with Gasteiger partial charge in [-0.3, -0.25) is 4.79 Å². The Morgan fingerprint density at radius 3 is 2.88 bits per heavy atom. The number of aromatic amines is 1. The molecule has 1 heterocycles. The highest BCUT2D eigenvalue weighted by Gasteiger charge is 2.33. The number of nitrogens with one attached hydrogen (secondary N) is 1. The Hall–Kier alpha value is -1.81. The number of carbonyl (C=O) groups is 1. The van der Waals surface area contributed by atoms with Crippen molar-refractivity contribution in [2.75, 3.05) is 13.2 Å². The number of rotatable bonds is 6. The van der Waals surface area contributed by atoms with Gasteiger partial charge in [0.2, 0.25) is 0 Å². The summed E-state index contributed by atoms with van der Waals surface area (Å²) in [5.41, 5.74) is 4.59. The number of aliphatic hydroxyl groups excluding tert-OH is 1.